The summed E-state index contributed by atoms with van der Waals surface area (Å²) in [6.45, 7) is 0. The van der Waals surface area contributed by atoms with Crippen molar-refractivity contribution < 1.29 is 4.42 Å². The Morgan fingerprint density at radius 1 is 0.400 bits per heavy atom. The van der Waals surface area contributed by atoms with Crippen molar-refractivity contribution in [2.75, 3.05) is 0 Å². The quantitative estimate of drug-likeness (QED) is 0.188. The molecule has 0 fully saturated rings. The highest BCUT2D eigenvalue weighted by Crippen LogP contribution is 2.42. The van der Waals surface area contributed by atoms with Crippen LogP contribution in [0.2, 0.25) is 0 Å². The summed E-state index contributed by atoms with van der Waals surface area (Å²) in [5.41, 5.74) is 11.2. The van der Waals surface area contributed by atoms with Gasteiger partial charge < -0.3 is 18.9 Å². The van der Waals surface area contributed by atoms with E-state index >= 15 is 0 Å². The van der Waals surface area contributed by atoms with Crippen LogP contribution in [0.3, 0.4) is 0 Å². The van der Waals surface area contributed by atoms with Crippen LogP contribution in [0.4, 0.5) is 0 Å². The summed E-state index contributed by atoms with van der Waals surface area (Å²) in [6, 6.07) is 75.7. The van der Waals surface area contributed by atoms with E-state index in [1.165, 1.54) is 37.9 Å². The summed E-state index contributed by atoms with van der Waals surface area (Å²) in [7, 11) is 0. The number of fused-ring (bicyclic) bond motifs is 11. The Morgan fingerprint density at radius 2 is 0.938 bits per heavy atom. The molecule has 3 aromatic heterocycles. The zero-order valence-electron chi connectivity index (χ0n) is 35.0. The molecule has 6 heteroatoms. The summed E-state index contributed by atoms with van der Waals surface area (Å²) in [4.78, 5) is 11.0. The molecule has 0 radical (unpaired) electrons. The maximum absolute atomic E-state index is 6.97. The largest absolute Gasteiger partial charge is 0.456 e. The monoisotopic (exact) mass is 831 g/mol. The highest BCUT2D eigenvalue weighted by molar-refractivity contribution is 6.21. The molecule has 304 valence electrons. The van der Waals surface area contributed by atoms with Crippen molar-refractivity contribution in [3.8, 4) is 16.8 Å². The average Bonchev–Trinajstić information content (AvgIpc) is 4.02. The van der Waals surface area contributed by atoms with E-state index in [2.05, 4.69) is 221 Å². The second-order valence-electron chi connectivity index (χ2n) is 17.0. The molecule has 0 saturated carbocycles. The molecule has 0 spiro atoms. The lowest BCUT2D eigenvalue weighted by Crippen LogP contribution is -2.36. The summed E-state index contributed by atoms with van der Waals surface area (Å²) >= 11 is 0. The van der Waals surface area contributed by atoms with Crippen LogP contribution in [0.1, 0.15) is 17.4 Å². The van der Waals surface area contributed by atoms with E-state index in [9.17, 15) is 0 Å². The molecule has 10 aromatic carbocycles. The first-order valence-electron chi connectivity index (χ1n) is 22.1. The van der Waals surface area contributed by atoms with E-state index in [0.29, 0.717) is 5.84 Å². The number of amidine groups is 2. The van der Waals surface area contributed by atoms with Crippen LogP contribution in [0.25, 0.3) is 104 Å². The van der Waals surface area contributed by atoms with Gasteiger partial charge in [-0.15, -0.1) is 0 Å². The third kappa shape index (κ3) is 5.54. The number of furan rings is 1. The molecular formula is C59H37N5O. The number of nitrogens with zero attached hydrogens (tertiary/aromatic N) is 4. The lowest BCUT2D eigenvalue weighted by atomic mass is 10.0. The molecule has 4 heterocycles. The summed E-state index contributed by atoms with van der Waals surface area (Å²) < 4.78 is 11.7. The zero-order chi connectivity index (χ0) is 42.6. The van der Waals surface area contributed by atoms with Gasteiger partial charge in [0.25, 0.3) is 0 Å². The predicted molar refractivity (Wildman–Crippen MR) is 270 cm³/mol. The fraction of sp³-hybridized carbons (Fsp3) is 0.0169. The Kier molecular flexibility index (Phi) is 7.65. The van der Waals surface area contributed by atoms with Crippen LogP contribution >= 0.6 is 0 Å². The molecule has 65 heavy (non-hydrogen) atoms. The Balaban J connectivity index is 1.06. The number of aromatic nitrogens is 2. The molecule has 1 atom stereocenters. The fourth-order valence-corrected chi connectivity index (χ4v) is 10.3. The van der Waals surface area contributed by atoms with E-state index in [1.807, 2.05) is 6.07 Å². The van der Waals surface area contributed by atoms with Crippen LogP contribution in [0.15, 0.2) is 227 Å². The second kappa shape index (κ2) is 13.9. The first kappa shape index (κ1) is 35.8. The number of rotatable bonds is 5. The summed E-state index contributed by atoms with van der Waals surface area (Å²) in [5, 5.41) is 15.3. The smallest absolute Gasteiger partial charge is 0.204 e. The van der Waals surface area contributed by atoms with Crippen molar-refractivity contribution in [3.05, 3.63) is 223 Å². The van der Waals surface area contributed by atoms with Gasteiger partial charge in [-0.2, -0.15) is 0 Å². The molecule has 0 bridgehead atoms. The number of benzene rings is 10. The molecule has 14 rings (SSSR count). The number of aliphatic imine (C=N–C) groups is 2. The van der Waals surface area contributed by atoms with Crippen molar-refractivity contribution >= 4 is 98.8 Å². The summed E-state index contributed by atoms with van der Waals surface area (Å²) in [6.07, 6.45) is -0.518. The lowest BCUT2D eigenvalue weighted by Gasteiger charge is -2.26. The maximum Gasteiger partial charge on any atom is 0.204 e. The fourth-order valence-electron chi connectivity index (χ4n) is 10.3. The van der Waals surface area contributed by atoms with Gasteiger partial charge >= 0.3 is 0 Å². The van der Waals surface area contributed by atoms with Crippen LogP contribution in [-0.2, 0) is 0 Å². The van der Waals surface area contributed by atoms with Gasteiger partial charge in [0.05, 0.1) is 33.1 Å². The van der Waals surface area contributed by atoms with Crippen LogP contribution in [0.5, 0.6) is 0 Å². The summed E-state index contributed by atoms with van der Waals surface area (Å²) in [5.74, 6) is 1.35. The van der Waals surface area contributed by atoms with E-state index < -0.39 is 6.29 Å². The zero-order valence-corrected chi connectivity index (χ0v) is 35.0. The molecule has 6 nitrogen and oxygen atoms in total. The second-order valence-corrected chi connectivity index (χ2v) is 17.0. The van der Waals surface area contributed by atoms with Gasteiger partial charge in [-0.1, -0.05) is 158 Å². The number of nitrogens with one attached hydrogen (secondary N) is 1. The van der Waals surface area contributed by atoms with Gasteiger partial charge in [0, 0.05) is 38.1 Å². The number of hydrogen-bond acceptors (Lipinski definition) is 4. The van der Waals surface area contributed by atoms with Gasteiger partial charge in [0.1, 0.15) is 17.0 Å². The number of hydrogen-bond donors (Lipinski definition) is 1. The number of para-hydroxylation sites is 3. The molecule has 13 aromatic rings. The van der Waals surface area contributed by atoms with Gasteiger partial charge in [-0.05, 0) is 87.3 Å². The molecule has 0 aliphatic carbocycles. The van der Waals surface area contributed by atoms with Gasteiger partial charge in [-0.25, -0.2) is 9.98 Å². The highest BCUT2D eigenvalue weighted by Gasteiger charge is 2.27. The van der Waals surface area contributed by atoms with Crippen molar-refractivity contribution in [1.82, 2.24) is 14.5 Å². The topological polar surface area (TPSA) is 59.8 Å². The maximum atomic E-state index is 6.97. The van der Waals surface area contributed by atoms with Crippen LogP contribution < -0.4 is 5.32 Å². The van der Waals surface area contributed by atoms with Crippen LogP contribution in [0, 0.1) is 0 Å². The third-order valence-corrected chi connectivity index (χ3v) is 13.3. The Morgan fingerprint density at radius 3 is 1.63 bits per heavy atom. The average molecular weight is 832 g/mol. The van der Waals surface area contributed by atoms with Gasteiger partial charge in [-0.3, -0.25) is 0 Å². The highest BCUT2D eigenvalue weighted by atomic mass is 16.3. The Bertz CT molecular complexity index is 4100. The molecular weight excluding hydrogens is 795 g/mol. The molecule has 1 unspecified atom stereocenters. The predicted octanol–water partition coefficient (Wildman–Crippen LogP) is 14.7. The van der Waals surface area contributed by atoms with Gasteiger partial charge in [0.15, 0.2) is 5.84 Å². The lowest BCUT2D eigenvalue weighted by molar-refractivity contribution is 0.516. The molecule has 1 aliphatic rings. The molecule has 0 amide bonds. The Labute approximate surface area is 372 Å². The van der Waals surface area contributed by atoms with Crippen molar-refractivity contribution in [2.24, 2.45) is 9.98 Å². The SMILES string of the molecule is c1ccc(-c2ccc(C3=NC(c4cc(-n5c6ccccc6c6cc7ccccc7cc65)c5c(c4)oc4cc6ccccc6cc45)=NC(n4c5ccccc5c5ccccc54)N3)cc2)cc1. The van der Waals surface area contributed by atoms with Gasteiger partial charge in [0.2, 0.25) is 6.29 Å². The molecule has 1 N–H and O–H groups in total. The first-order valence-corrected chi connectivity index (χ1v) is 22.1. The van der Waals surface area contributed by atoms with E-state index in [4.69, 9.17) is 14.4 Å². The first-order chi connectivity index (χ1) is 32.2. The third-order valence-electron chi connectivity index (χ3n) is 13.3. The molecule has 1 aliphatic heterocycles. The van der Waals surface area contributed by atoms with E-state index in [-0.39, 0.29) is 0 Å². The van der Waals surface area contributed by atoms with Crippen LogP contribution in [-0.4, -0.2) is 20.8 Å². The Hall–Kier alpha value is -8.74. The van der Waals surface area contributed by atoms with Crippen molar-refractivity contribution in [2.45, 2.75) is 6.29 Å². The minimum absolute atomic E-state index is 0.518. The molecule has 0 saturated heterocycles. The van der Waals surface area contributed by atoms with Crippen molar-refractivity contribution in [1.29, 1.82) is 0 Å². The van der Waals surface area contributed by atoms with E-state index in [0.717, 1.165) is 83.0 Å². The van der Waals surface area contributed by atoms with E-state index in [1.54, 1.807) is 0 Å². The van der Waals surface area contributed by atoms with Crippen molar-refractivity contribution in [3.63, 3.8) is 0 Å². The minimum Gasteiger partial charge on any atom is -0.456 e. The minimum atomic E-state index is -0.518. The standard InChI is InChI=1S/C59H37N5O/c1-2-14-36(15-3-1)37-26-28-38(29-27-37)57-60-58(62-59(61-57)64-50-24-12-8-20-44(50)45-21-9-13-25-51(45)64)43-33-53(56-48-31-40-17-5-7-19-42(40)34-54(48)65-55(56)35-43)63-49-23-11-10-22-46(49)47-30-39-16-4-6-18-41(39)32-52(47)63/h1-35,59H,(H,60,61,62). The normalized spacial score (nSPS) is 14.3.